The van der Waals surface area contributed by atoms with Crippen molar-refractivity contribution in [3.05, 3.63) is 34.5 Å². The molecular weight excluding hydrogens is 241 g/mol. The zero-order valence-electron chi connectivity index (χ0n) is 9.24. The number of halogens is 1. The van der Waals surface area contributed by atoms with Crippen molar-refractivity contribution >= 4 is 22.7 Å². The van der Waals surface area contributed by atoms with Gasteiger partial charge in [-0.05, 0) is 0 Å². The lowest BCUT2D eigenvalue weighted by Crippen LogP contribution is -2.02. The molecule has 2 rings (SSSR count). The summed E-state index contributed by atoms with van der Waals surface area (Å²) >= 11 is 1.51. The highest BCUT2D eigenvalue weighted by molar-refractivity contribution is 7.09. The molecule has 1 aromatic heterocycles. The largest absolute Gasteiger partial charge is 0.495 e. The van der Waals surface area contributed by atoms with Gasteiger partial charge in [0.2, 0.25) is 0 Å². The highest BCUT2D eigenvalue weighted by atomic mass is 32.1. The maximum Gasteiger partial charge on any atom is 0.148 e. The first-order valence-corrected chi connectivity index (χ1v) is 5.83. The molecule has 0 spiro atoms. The molecule has 0 radical (unpaired) electrons. The zero-order valence-corrected chi connectivity index (χ0v) is 10.1. The van der Waals surface area contributed by atoms with Crippen molar-refractivity contribution in [3.63, 3.8) is 0 Å². The van der Waals surface area contributed by atoms with E-state index in [1.165, 1.54) is 24.5 Å². The lowest BCUT2D eigenvalue weighted by Gasteiger charge is -2.10. The van der Waals surface area contributed by atoms with Crippen LogP contribution in [0.2, 0.25) is 0 Å². The number of methoxy groups -OCH3 is 1. The summed E-state index contributed by atoms with van der Waals surface area (Å²) < 4.78 is 18.6. The molecule has 17 heavy (non-hydrogen) atoms. The van der Waals surface area contributed by atoms with Crippen molar-refractivity contribution in [2.24, 2.45) is 0 Å². The van der Waals surface area contributed by atoms with Gasteiger partial charge in [0.15, 0.2) is 0 Å². The molecule has 0 unspecified atom stereocenters. The summed E-state index contributed by atoms with van der Waals surface area (Å²) in [6.45, 7) is 0.522. The molecule has 0 saturated carbocycles. The molecule has 0 bridgehead atoms. The number of ether oxygens (including phenoxy) is 1. The summed E-state index contributed by atoms with van der Waals surface area (Å²) in [4.78, 5) is 4.97. The molecule has 6 heteroatoms. The summed E-state index contributed by atoms with van der Waals surface area (Å²) in [6, 6.07) is 2.79. The SMILES string of the molecule is COc1cc(NCc2cncs2)c(F)cc1N. The minimum atomic E-state index is -0.396. The molecule has 3 N–H and O–H groups in total. The molecule has 1 heterocycles. The van der Waals surface area contributed by atoms with Crippen molar-refractivity contribution in [3.8, 4) is 5.75 Å². The second kappa shape index (κ2) is 5.01. The second-order valence-corrected chi connectivity index (χ2v) is 4.37. The van der Waals surface area contributed by atoms with Crippen LogP contribution in [0.3, 0.4) is 0 Å². The maximum absolute atomic E-state index is 13.6. The lowest BCUT2D eigenvalue weighted by atomic mass is 10.2. The predicted molar refractivity (Wildman–Crippen MR) is 66.8 cm³/mol. The van der Waals surface area contributed by atoms with Crippen molar-refractivity contribution in [1.29, 1.82) is 0 Å². The van der Waals surface area contributed by atoms with Gasteiger partial charge in [-0.1, -0.05) is 0 Å². The summed E-state index contributed by atoms with van der Waals surface area (Å²) in [7, 11) is 1.50. The van der Waals surface area contributed by atoms with Gasteiger partial charge in [-0.25, -0.2) is 4.39 Å². The standard InChI is InChI=1S/C11H12FN3OS/c1-16-11-3-10(8(12)2-9(11)13)15-5-7-4-14-6-17-7/h2-4,6,15H,5,13H2,1H3. The second-order valence-electron chi connectivity index (χ2n) is 3.40. The number of nitrogen functional groups attached to an aromatic ring is 1. The molecule has 1 aromatic carbocycles. The molecule has 0 aliphatic heterocycles. The van der Waals surface area contributed by atoms with Crippen LogP contribution in [-0.2, 0) is 6.54 Å². The van der Waals surface area contributed by atoms with E-state index in [0.29, 0.717) is 18.0 Å². The third kappa shape index (κ3) is 2.65. The van der Waals surface area contributed by atoms with Gasteiger partial charge in [0.25, 0.3) is 0 Å². The molecule has 0 amide bonds. The Bertz CT molecular complexity index is 502. The number of benzene rings is 1. The fraction of sp³-hybridized carbons (Fsp3) is 0.182. The third-order valence-electron chi connectivity index (χ3n) is 2.26. The Labute approximate surface area is 102 Å². The molecule has 90 valence electrons. The normalized spacial score (nSPS) is 10.2. The number of anilines is 2. The highest BCUT2D eigenvalue weighted by Gasteiger charge is 2.08. The van der Waals surface area contributed by atoms with Gasteiger partial charge in [0.1, 0.15) is 11.6 Å². The Morgan fingerprint density at radius 1 is 1.53 bits per heavy atom. The molecule has 0 aliphatic carbocycles. The number of hydrogen-bond donors (Lipinski definition) is 2. The smallest absolute Gasteiger partial charge is 0.148 e. The van der Waals surface area contributed by atoms with Crippen LogP contribution in [0, 0.1) is 5.82 Å². The Hall–Kier alpha value is -1.82. The minimum Gasteiger partial charge on any atom is -0.495 e. The van der Waals surface area contributed by atoms with Crippen molar-refractivity contribution in [2.45, 2.75) is 6.54 Å². The van der Waals surface area contributed by atoms with E-state index in [2.05, 4.69) is 10.3 Å². The number of nitrogens with zero attached hydrogens (tertiary/aromatic N) is 1. The van der Waals surface area contributed by atoms with Crippen molar-refractivity contribution in [2.75, 3.05) is 18.2 Å². The monoisotopic (exact) mass is 253 g/mol. The summed E-state index contributed by atoms with van der Waals surface area (Å²) in [5.74, 6) is 0.0611. The fourth-order valence-corrected chi connectivity index (χ4v) is 1.93. The summed E-state index contributed by atoms with van der Waals surface area (Å²) in [6.07, 6.45) is 1.74. The predicted octanol–water partition coefficient (Wildman–Crippen LogP) is 2.49. The third-order valence-corrected chi connectivity index (χ3v) is 3.04. The lowest BCUT2D eigenvalue weighted by molar-refractivity contribution is 0.416. The average Bonchev–Trinajstić information content (AvgIpc) is 2.81. The molecular formula is C11H12FN3OS. The van der Waals surface area contributed by atoms with Gasteiger partial charge in [0.05, 0.1) is 30.5 Å². The van der Waals surface area contributed by atoms with Crippen LogP contribution in [0.1, 0.15) is 4.88 Å². The van der Waals surface area contributed by atoms with E-state index < -0.39 is 5.82 Å². The van der Waals surface area contributed by atoms with Crippen LogP contribution < -0.4 is 15.8 Å². The van der Waals surface area contributed by atoms with Crippen LogP contribution in [-0.4, -0.2) is 12.1 Å². The number of thiazole rings is 1. The van der Waals surface area contributed by atoms with Gasteiger partial charge < -0.3 is 15.8 Å². The van der Waals surface area contributed by atoms with Gasteiger partial charge >= 0.3 is 0 Å². The Morgan fingerprint density at radius 2 is 2.35 bits per heavy atom. The van der Waals surface area contributed by atoms with E-state index in [0.717, 1.165) is 4.88 Å². The minimum absolute atomic E-state index is 0.286. The molecule has 0 atom stereocenters. The number of rotatable bonds is 4. The highest BCUT2D eigenvalue weighted by Crippen LogP contribution is 2.28. The summed E-state index contributed by atoms with van der Waals surface area (Å²) in [5, 5.41) is 2.98. The van der Waals surface area contributed by atoms with Gasteiger partial charge in [-0.15, -0.1) is 11.3 Å². The van der Waals surface area contributed by atoms with Crippen molar-refractivity contribution < 1.29 is 9.13 Å². The van der Waals surface area contributed by atoms with Gasteiger partial charge in [-0.2, -0.15) is 0 Å². The molecule has 2 aromatic rings. The van der Waals surface area contributed by atoms with Crippen LogP contribution >= 0.6 is 11.3 Å². The number of aromatic nitrogens is 1. The first-order valence-electron chi connectivity index (χ1n) is 4.95. The van der Waals surface area contributed by atoms with E-state index in [9.17, 15) is 4.39 Å². The number of nitrogens with two attached hydrogens (primary N) is 1. The van der Waals surface area contributed by atoms with Crippen LogP contribution in [0.4, 0.5) is 15.8 Å². The zero-order chi connectivity index (χ0) is 12.3. The van der Waals surface area contributed by atoms with Crippen LogP contribution in [0.25, 0.3) is 0 Å². The van der Waals surface area contributed by atoms with E-state index >= 15 is 0 Å². The first-order chi connectivity index (χ1) is 8.20. The Balaban J connectivity index is 2.15. The number of hydrogen-bond acceptors (Lipinski definition) is 5. The van der Waals surface area contributed by atoms with E-state index in [1.54, 1.807) is 17.8 Å². The van der Waals surface area contributed by atoms with Crippen LogP contribution in [0.5, 0.6) is 5.75 Å². The van der Waals surface area contributed by atoms with E-state index in [1.807, 2.05) is 0 Å². The Morgan fingerprint density at radius 3 is 3.00 bits per heavy atom. The molecule has 0 aliphatic rings. The molecule has 0 saturated heterocycles. The summed E-state index contributed by atoms with van der Waals surface area (Å²) in [5.41, 5.74) is 7.97. The maximum atomic E-state index is 13.6. The van der Waals surface area contributed by atoms with Crippen molar-refractivity contribution in [1.82, 2.24) is 4.98 Å². The Kier molecular flexibility index (Phi) is 3.43. The average molecular weight is 253 g/mol. The first kappa shape index (κ1) is 11.7. The van der Waals surface area contributed by atoms with Crippen LogP contribution in [0.15, 0.2) is 23.8 Å². The topological polar surface area (TPSA) is 60.2 Å². The number of nitrogens with one attached hydrogen (secondary N) is 1. The molecule has 4 nitrogen and oxygen atoms in total. The van der Waals surface area contributed by atoms with Gasteiger partial charge in [-0.3, -0.25) is 4.98 Å². The van der Waals surface area contributed by atoms with Gasteiger partial charge in [0, 0.05) is 23.2 Å². The molecule has 0 fully saturated rings. The fourth-order valence-electron chi connectivity index (χ4n) is 1.39. The quantitative estimate of drug-likeness (QED) is 0.822. The van der Waals surface area contributed by atoms with E-state index in [4.69, 9.17) is 10.5 Å². The van der Waals surface area contributed by atoms with E-state index in [-0.39, 0.29) is 5.69 Å².